The fourth-order valence-corrected chi connectivity index (χ4v) is 3.16. The highest BCUT2D eigenvalue weighted by molar-refractivity contribution is 5.91. The maximum absolute atomic E-state index is 12.2. The Balaban J connectivity index is 1.76. The molecule has 0 aliphatic carbocycles. The van der Waals surface area contributed by atoms with Crippen molar-refractivity contribution in [3.63, 3.8) is 0 Å². The first kappa shape index (κ1) is 17.8. The number of aromatic nitrogens is 5. The average Bonchev–Trinajstić information content (AvgIpc) is 3.23. The number of tetrazole rings is 1. The number of fused-ring (bicyclic) bond motifs is 1. The fourth-order valence-electron chi connectivity index (χ4n) is 3.16. The molecule has 7 heteroatoms. The third-order valence-corrected chi connectivity index (χ3v) is 4.75. The lowest BCUT2D eigenvalue weighted by atomic mass is 10.00. The molecule has 0 bridgehead atoms. The minimum Gasteiger partial charge on any atom is -0.349 e. The second-order valence-corrected chi connectivity index (χ2v) is 6.92. The highest BCUT2D eigenvalue weighted by atomic mass is 16.2. The van der Waals surface area contributed by atoms with Crippen LogP contribution >= 0.6 is 0 Å². The Morgan fingerprint density at radius 2 is 1.82 bits per heavy atom. The van der Waals surface area contributed by atoms with E-state index in [-0.39, 0.29) is 5.91 Å². The van der Waals surface area contributed by atoms with Gasteiger partial charge in [-0.3, -0.25) is 4.79 Å². The molecule has 0 aliphatic heterocycles. The summed E-state index contributed by atoms with van der Waals surface area (Å²) >= 11 is 0. The molecule has 4 aromatic rings. The molecule has 0 fully saturated rings. The number of aryl methyl sites for hydroxylation is 1. The van der Waals surface area contributed by atoms with E-state index < -0.39 is 0 Å². The normalized spacial score (nSPS) is 11.0. The first-order chi connectivity index (χ1) is 13.5. The van der Waals surface area contributed by atoms with Gasteiger partial charge in [-0.25, -0.2) is 4.98 Å². The van der Waals surface area contributed by atoms with Gasteiger partial charge < -0.3 is 4.90 Å². The van der Waals surface area contributed by atoms with Crippen LogP contribution in [-0.2, 0) is 11.2 Å². The Morgan fingerprint density at radius 3 is 2.50 bits per heavy atom. The quantitative estimate of drug-likeness (QED) is 0.595. The van der Waals surface area contributed by atoms with Crippen molar-refractivity contribution in [2.45, 2.75) is 13.3 Å². The van der Waals surface area contributed by atoms with E-state index in [1.165, 1.54) is 0 Å². The Hall–Kier alpha value is -3.61. The van der Waals surface area contributed by atoms with Crippen LogP contribution in [0, 0.1) is 6.92 Å². The number of likely N-dealkylation sites (N-methyl/N-ethyl adjacent to an activating group) is 1. The van der Waals surface area contributed by atoms with Gasteiger partial charge in [-0.15, -0.1) is 10.2 Å². The molecule has 2 heterocycles. The molecular weight excluding hydrogens is 352 g/mol. The Labute approximate surface area is 162 Å². The van der Waals surface area contributed by atoms with Crippen LogP contribution in [0.2, 0.25) is 0 Å². The lowest BCUT2D eigenvalue weighted by molar-refractivity contribution is -0.127. The first-order valence-corrected chi connectivity index (χ1v) is 8.96. The third kappa shape index (κ3) is 3.34. The molecular formula is C21H20N6O. The summed E-state index contributed by atoms with van der Waals surface area (Å²) in [5, 5.41) is 15.1. The second-order valence-electron chi connectivity index (χ2n) is 6.92. The molecule has 0 saturated carbocycles. The molecule has 7 nitrogen and oxygen atoms in total. The van der Waals surface area contributed by atoms with Gasteiger partial charge in [0.25, 0.3) is 0 Å². The smallest absolute Gasteiger partial charge is 0.226 e. The largest absolute Gasteiger partial charge is 0.349 e. The number of hydrogen-bond donors (Lipinski definition) is 1. The number of amides is 1. The maximum Gasteiger partial charge on any atom is 0.226 e. The number of aromatic amines is 1. The summed E-state index contributed by atoms with van der Waals surface area (Å²) in [7, 11) is 3.53. The van der Waals surface area contributed by atoms with Gasteiger partial charge in [0.2, 0.25) is 11.7 Å². The number of benzene rings is 2. The zero-order valence-corrected chi connectivity index (χ0v) is 16.0. The molecule has 28 heavy (non-hydrogen) atoms. The Morgan fingerprint density at radius 1 is 1.07 bits per heavy atom. The monoisotopic (exact) mass is 372 g/mol. The van der Waals surface area contributed by atoms with E-state index in [0.29, 0.717) is 12.2 Å². The molecule has 2 aromatic carbocycles. The van der Waals surface area contributed by atoms with Crippen LogP contribution in [0.3, 0.4) is 0 Å². The molecule has 0 atom stereocenters. The standard InChI is InChI=1S/C21H20N6O/c1-13-11-18(14-7-9-15(10-8-14)21-23-25-26-24-21)22-20-16(5-4-6-17(13)20)12-19(28)27(2)3/h4-11H,12H2,1-3H3,(H,23,24,25,26). The van der Waals surface area contributed by atoms with Gasteiger partial charge in [0.15, 0.2) is 0 Å². The van der Waals surface area contributed by atoms with Crippen LogP contribution in [0.25, 0.3) is 33.5 Å². The van der Waals surface area contributed by atoms with E-state index in [4.69, 9.17) is 4.98 Å². The van der Waals surface area contributed by atoms with Gasteiger partial charge in [-0.2, -0.15) is 5.21 Å². The highest BCUT2D eigenvalue weighted by Crippen LogP contribution is 2.28. The van der Waals surface area contributed by atoms with Crippen LogP contribution < -0.4 is 0 Å². The van der Waals surface area contributed by atoms with Gasteiger partial charge in [0, 0.05) is 30.6 Å². The summed E-state index contributed by atoms with van der Waals surface area (Å²) in [4.78, 5) is 18.7. The van der Waals surface area contributed by atoms with Gasteiger partial charge in [0.05, 0.1) is 17.6 Å². The predicted molar refractivity (Wildman–Crippen MR) is 107 cm³/mol. The minimum atomic E-state index is 0.0572. The molecule has 4 rings (SSSR count). The third-order valence-electron chi connectivity index (χ3n) is 4.75. The fraction of sp³-hybridized carbons (Fsp3) is 0.190. The summed E-state index contributed by atoms with van der Waals surface area (Å²) in [5.74, 6) is 0.612. The summed E-state index contributed by atoms with van der Waals surface area (Å²) in [6.07, 6.45) is 0.330. The minimum absolute atomic E-state index is 0.0572. The van der Waals surface area contributed by atoms with E-state index >= 15 is 0 Å². The molecule has 0 radical (unpaired) electrons. The van der Waals surface area contributed by atoms with Crippen LogP contribution in [0.5, 0.6) is 0 Å². The lowest BCUT2D eigenvalue weighted by Crippen LogP contribution is -2.23. The highest BCUT2D eigenvalue weighted by Gasteiger charge is 2.13. The topological polar surface area (TPSA) is 87.7 Å². The van der Waals surface area contributed by atoms with E-state index in [0.717, 1.165) is 38.9 Å². The van der Waals surface area contributed by atoms with Crippen molar-refractivity contribution in [1.29, 1.82) is 0 Å². The van der Waals surface area contributed by atoms with E-state index in [2.05, 4.69) is 33.6 Å². The van der Waals surface area contributed by atoms with E-state index in [1.54, 1.807) is 19.0 Å². The Bertz CT molecular complexity index is 1130. The van der Waals surface area contributed by atoms with Gasteiger partial charge in [0.1, 0.15) is 0 Å². The number of nitrogens with one attached hydrogen (secondary N) is 1. The molecule has 0 saturated heterocycles. The number of carbonyl (C=O) groups is 1. The molecule has 0 spiro atoms. The maximum atomic E-state index is 12.2. The molecule has 1 N–H and O–H groups in total. The number of pyridine rings is 1. The SMILES string of the molecule is Cc1cc(-c2ccc(-c3nn[nH]n3)cc2)nc2c(CC(=O)N(C)C)cccc12. The van der Waals surface area contributed by atoms with Crippen molar-refractivity contribution in [3.8, 4) is 22.6 Å². The van der Waals surface area contributed by atoms with Crippen molar-refractivity contribution < 1.29 is 4.79 Å². The number of H-pyrrole nitrogens is 1. The molecule has 140 valence electrons. The molecule has 2 aromatic heterocycles. The average molecular weight is 372 g/mol. The number of nitrogens with zero attached hydrogens (tertiary/aromatic N) is 5. The summed E-state index contributed by atoms with van der Waals surface area (Å²) in [6, 6.07) is 16.0. The van der Waals surface area contributed by atoms with Crippen molar-refractivity contribution in [1.82, 2.24) is 30.5 Å². The number of hydrogen-bond acceptors (Lipinski definition) is 5. The molecule has 1 amide bonds. The van der Waals surface area contributed by atoms with Crippen molar-refractivity contribution in [2.75, 3.05) is 14.1 Å². The second kappa shape index (κ2) is 7.19. The van der Waals surface area contributed by atoms with Crippen molar-refractivity contribution >= 4 is 16.8 Å². The van der Waals surface area contributed by atoms with Crippen LogP contribution in [0.15, 0.2) is 48.5 Å². The number of rotatable bonds is 4. The lowest BCUT2D eigenvalue weighted by Gasteiger charge is -2.13. The van der Waals surface area contributed by atoms with E-state index in [9.17, 15) is 4.79 Å². The zero-order valence-electron chi connectivity index (χ0n) is 16.0. The molecule has 0 aliphatic rings. The zero-order chi connectivity index (χ0) is 19.7. The summed E-state index contributed by atoms with van der Waals surface area (Å²) in [6.45, 7) is 2.07. The van der Waals surface area contributed by atoms with Crippen molar-refractivity contribution in [2.24, 2.45) is 0 Å². The molecule has 0 unspecified atom stereocenters. The first-order valence-electron chi connectivity index (χ1n) is 8.96. The van der Waals surface area contributed by atoms with Crippen LogP contribution in [-0.4, -0.2) is 50.5 Å². The van der Waals surface area contributed by atoms with Crippen LogP contribution in [0.1, 0.15) is 11.1 Å². The van der Waals surface area contributed by atoms with Gasteiger partial charge in [-0.05, 0) is 29.3 Å². The van der Waals surface area contributed by atoms with Gasteiger partial charge in [-0.1, -0.05) is 42.5 Å². The summed E-state index contributed by atoms with van der Waals surface area (Å²) < 4.78 is 0. The summed E-state index contributed by atoms with van der Waals surface area (Å²) in [5.41, 5.74) is 5.67. The number of carbonyl (C=O) groups excluding carboxylic acids is 1. The van der Waals surface area contributed by atoms with E-state index in [1.807, 2.05) is 42.5 Å². The Kier molecular flexibility index (Phi) is 4.57. The number of para-hydroxylation sites is 1. The van der Waals surface area contributed by atoms with Crippen LogP contribution in [0.4, 0.5) is 0 Å². The predicted octanol–water partition coefficient (Wildman–Crippen LogP) is 3.02. The van der Waals surface area contributed by atoms with Gasteiger partial charge >= 0.3 is 0 Å². The van der Waals surface area contributed by atoms with Crippen molar-refractivity contribution in [3.05, 3.63) is 59.7 Å².